The van der Waals surface area contributed by atoms with Gasteiger partial charge < -0.3 is 10.2 Å². The molecule has 0 aromatic heterocycles. The molecule has 0 fully saturated rings. The molecule has 1 rings (SSSR count). The molecule has 0 radical (unpaired) electrons. The second kappa shape index (κ2) is 13.7. The van der Waals surface area contributed by atoms with E-state index in [2.05, 4.69) is 27.4 Å². The molecule has 1 aromatic rings. The lowest BCUT2D eigenvalue weighted by atomic mass is 10.1. The summed E-state index contributed by atoms with van der Waals surface area (Å²) >= 11 is 0. The van der Waals surface area contributed by atoms with Gasteiger partial charge in [-0.15, -0.1) is 0 Å². The van der Waals surface area contributed by atoms with Gasteiger partial charge in [0.05, 0.1) is 34.5 Å². The van der Waals surface area contributed by atoms with Crippen LogP contribution in [0.5, 0.6) is 0 Å². The Morgan fingerprint density at radius 1 is 0.800 bits per heavy atom. The molecule has 0 atom stereocenters. The Labute approximate surface area is 181 Å². The zero-order valence-corrected chi connectivity index (χ0v) is 20.1. The quantitative estimate of drug-likeness (QED) is 0.281. The highest BCUT2D eigenvalue weighted by atomic mass is 32.2. The van der Waals surface area contributed by atoms with E-state index in [4.69, 9.17) is 14.8 Å². The Bertz CT molecular complexity index is 737. The predicted molar refractivity (Wildman–Crippen MR) is 122 cm³/mol. The molecule has 0 aliphatic carbocycles. The maximum atomic E-state index is 10.8. The third-order valence-electron chi connectivity index (χ3n) is 4.85. The minimum atomic E-state index is -4.64. The van der Waals surface area contributed by atoms with Crippen molar-refractivity contribution >= 4 is 29.3 Å². The maximum absolute atomic E-state index is 10.8. The first-order valence-corrected chi connectivity index (χ1v) is 14.6. The Hall–Kier alpha value is -1.50. The summed E-state index contributed by atoms with van der Waals surface area (Å²) in [4.78, 5) is 20.4. The van der Waals surface area contributed by atoms with Crippen LogP contribution in [-0.2, 0) is 10.1 Å². The Balaban J connectivity index is 0.000000567. The standard InChI is InChI=1S/C13H30P.C8H6O7S/c1-5-8-11-14(4,12-9-6-2)13-10-7-3;9-7(10)4-1-5(8(11)12)3-6(2-4)16(13,14)15/h5-13H2,1-4H3;1-3H,(H,9,10)(H,11,12)(H,13,14,15)/q+1;. The third kappa shape index (κ3) is 11.0. The van der Waals surface area contributed by atoms with Gasteiger partial charge in [0, 0.05) is 13.9 Å². The molecular formula is C21H36O7PS+. The zero-order valence-electron chi connectivity index (χ0n) is 18.4. The number of hydrogen-bond acceptors (Lipinski definition) is 4. The van der Waals surface area contributed by atoms with E-state index in [0.29, 0.717) is 12.1 Å². The third-order valence-corrected chi connectivity index (χ3v) is 9.87. The molecule has 0 amide bonds. The van der Waals surface area contributed by atoms with Crippen molar-refractivity contribution in [2.45, 2.75) is 64.2 Å². The molecule has 0 saturated carbocycles. The van der Waals surface area contributed by atoms with E-state index < -0.39 is 45.3 Å². The van der Waals surface area contributed by atoms with Crippen molar-refractivity contribution in [1.29, 1.82) is 0 Å². The largest absolute Gasteiger partial charge is 0.478 e. The van der Waals surface area contributed by atoms with E-state index in [0.717, 1.165) is 6.07 Å². The smallest absolute Gasteiger partial charge is 0.335 e. The topological polar surface area (TPSA) is 129 Å². The van der Waals surface area contributed by atoms with Gasteiger partial charge in [-0.3, -0.25) is 4.55 Å². The van der Waals surface area contributed by atoms with Crippen LogP contribution in [0.1, 0.15) is 80.0 Å². The molecule has 3 N–H and O–H groups in total. The Morgan fingerprint density at radius 3 is 1.37 bits per heavy atom. The van der Waals surface area contributed by atoms with Crippen molar-refractivity contribution in [2.24, 2.45) is 0 Å². The SMILES string of the molecule is CCCC[P+](C)(CCCC)CCCC.O=C(O)c1cc(C(=O)O)cc(S(=O)(=O)O)c1. The fourth-order valence-electron chi connectivity index (χ4n) is 2.95. The molecule has 30 heavy (non-hydrogen) atoms. The Kier molecular flexibility index (Phi) is 13.0. The molecule has 0 heterocycles. The molecule has 0 aliphatic rings. The van der Waals surface area contributed by atoms with E-state index >= 15 is 0 Å². The summed E-state index contributed by atoms with van der Waals surface area (Å²) in [7, 11) is -5.16. The van der Waals surface area contributed by atoms with Crippen LogP contribution < -0.4 is 0 Å². The summed E-state index contributed by atoms with van der Waals surface area (Å²) in [5, 5.41) is 17.2. The van der Waals surface area contributed by atoms with Crippen molar-refractivity contribution in [2.75, 3.05) is 25.2 Å². The summed E-state index contributed by atoms with van der Waals surface area (Å²) in [5.74, 6) is -2.99. The summed E-state index contributed by atoms with van der Waals surface area (Å²) in [5.41, 5.74) is -1.07. The van der Waals surface area contributed by atoms with Crippen LogP contribution in [-0.4, -0.2) is 60.3 Å². The minimum Gasteiger partial charge on any atom is -0.478 e. The van der Waals surface area contributed by atoms with Gasteiger partial charge in [0.15, 0.2) is 0 Å². The normalized spacial score (nSPS) is 11.5. The van der Waals surface area contributed by atoms with Crippen LogP contribution in [0.2, 0.25) is 0 Å². The number of carbonyl (C=O) groups is 2. The number of carboxylic acid groups (broad SMARTS) is 2. The lowest BCUT2D eigenvalue weighted by molar-refractivity contribution is 0.0696. The second-order valence-electron chi connectivity index (χ2n) is 7.68. The van der Waals surface area contributed by atoms with Gasteiger partial charge in [-0.25, -0.2) is 9.59 Å². The number of rotatable bonds is 12. The van der Waals surface area contributed by atoms with Crippen LogP contribution in [0, 0.1) is 0 Å². The number of carboxylic acids is 2. The molecule has 0 spiro atoms. The first-order chi connectivity index (χ1) is 13.9. The van der Waals surface area contributed by atoms with Crippen molar-refractivity contribution in [1.82, 2.24) is 0 Å². The number of benzene rings is 1. The van der Waals surface area contributed by atoms with Crippen molar-refractivity contribution in [3.05, 3.63) is 29.3 Å². The molecule has 1 aromatic carbocycles. The van der Waals surface area contributed by atoms with Gasteiger partial charge in [-0.2, -0.15) is 8.42 Å². The molecular weight excluding hydrogens is 427 g/mol. The molecule has 9 heteroatoms. The van der Waals surface area contributed by atoms with Gasteiger partial charge in [-0.05, 0) is 37.5 Å². The van der Waals surface area contributed by atoms with Gasteiger partial charge in [0.25, 0.3) is 10.1 Å². The van der Waals surface area contributed by atoms with Crippen molar-refractivity contribution in [3.63, 3.8) is 0 Å². The monoisotopic (exact) mass is 463 g/mol. The summed E-state index contributed by atoms with van der Waals surface area (Å²) in [6, 6.07) is 2.13. The highest BCUT2D eigenvalue weighted by molar-refractivity contribution is 7.85. The van der Waals surface area contributed by atoms with Gasteiger partial charge >= 0.3 is 11.9 Å². The van der Waals surface area contributed by atoms with Crippen LogP contribution >= 0.6 is 7.26 Å². The summed E-state index contributed by atoms with van der Waals surface area (Å²) < 4.78 is 30.2. The van der Waals surface area contributed by atoms with E-state index in [9.17, 15) is 18.0 Å². The average molecular weight is 464 g/mol. The average Bonchev–Trinajstić information content (AvgIpc) is 2.68. The molecule has 0 saturated heterocycles. The maximum Gasteiger partial charge on any atom is 0.335 e. The first kappa shape index (κ1) is 28.5. The van der Waals surface area contributed by atoms with Gasteiger partial charge in [0.1, 0.15) is 0 Å². The van der Waals surface area contributed by atoms with Crippen molar-refractivity contribution in [3.8, 4) is 0 Å². The molecule has 0 bridgehead atoms. The van der Waals surface area contributed by atoms with E-state index in [1.807, 2.05) is 0 Å². The molecule has 0 aliphatic heterocycles. The van der Waals surface area contributed by atoms with Crippen LogP contribution in [0.4, 0.5) is 0 Å². The summed E-state index contributed by atoms with van der Waals surface area (Å²) in [6.45, 7) is 9.59. The lowest BCUT2D eigenvalue weighted by Crippen LogP contribution is -2.07. The fraction of sp³-hybridized carbons (Fsp3) is 0.619. The molecule has 7 nitrogen and oxygen atoms in total. The van der Waals surface area contributed by atoms with E-state index in [1.54, 1.807) is 18.5 Å². The van der Waals surface area contributed by atoms with Gasteiger partial charge in [-0.1, -0.05) is 40.0 Å². The van der Waals surface area contributed by atoms with Crippen LogP contribution in [0.15, 0.2) is 23.1 Å². The second-order valence-corrected chi connectivity index (χ2v) is 13.7. The van der Waals surface area contributed by atoms with E-state index in [-0.39, 0.29) is 0 Å². The predicted octanol–water partition coefficient (Wildman–Crippen LogP) is 5.36. The van der Waals surface area contributed by atoms with Gasteiger partial charge in [0.2, 0.25) is 0 Å². The molecule has 172 valence electrons. The van der Waals surface area contributed by atoms with E-state index in [1.165, 1.54) is 38.5 Å². The summed E-state index contributed by atoms with van der Waals surface area (Å²) in [6.07, 6.45) is 13.2. The highest BCUT2D eigenvalue weighted by Crippen LogP contribution is 2.57. The van der Waals surface area contributed by atoms with Crippen LogP contribution in [0.3, 0.4) is 0 Å². The number of unbranched alkanes of at least 4 members (excludes halogenated alkanes) is 3. The minimum absolute atomic E-state index is 0.519. The van der Waals surface area contributed by atoms with Crippen LogP contribution in [0.25, 0.3) is 0 Å². The fourth-order valence-corrected chi connectivity index (χ4v) is 7.41. The Morgan fingerprint density at radius 2 is 1.13 bits per heavy atom. The molecule has 0 unspecified atom stereocenters. The van der Waals surface area contributed by atoms with Crippen molar-refractivity contribution < 1.29 is 32.8 Å². The zero-order chi connectivity index (χ0) is 23.4. The number of hydrogen-bond donors (Lipinski definition) is 3. The lowest BCUT2D eigenvalue weighted by Gasteiger charge is -2.22. The number of aromatic carboxylic acids is 2. The highest BCUT2D eigenvalue weighted by Gasteiger charge is 2.28. The first-order valence-electron chi connectivity index (χ1n) is 10.3.